The monoisotopic (exact) mass is 290 g/mol. The van der Waals surface area contributed by atoms with Crippen LogP contribution in [0.3, 0.4) is 0 Å². The molecule has 0 aliphatic carbocycles. The Bertz CT molecular complexity index is 373. The highest BCUT2D eigenvalue weighted by Crippen LogP contribution is 2.39. The predicted molar refractivity (Wildman–Crippen MR) is 52.8 cm³/mol. The Hall–Kier alpha value is -1.67. The average molecular weight is 290 g/mol. The summed E-state index contributed by atoms with van der Waals surface area (Å²) in [4.78, 5) is 20.8. The molecule has 0 saturated carbocycles. The Morgan fingerprint density at radius 1 is 1.05 bits per heavy atom. The van der Waals surface area contributed by atoms with Crippen LogP contribution in [0.5, 0.6) is 0 Å². The molecule has 9 heteroatoms. The Labute approximate surface area is 104 Å². The number of rotatable bonds is 7. The van der Waals surface area contributed by atoms with E-state index in [2.05, 4.69) is 0 Å². The van der Waals surface area contributed by atoms with Gasteiger partial charge in [0.25, 0.3) is 0 Å². The van der Waals surface area contributed by atoms with E-state index in [1.807, 2.05) is 0 Å². The molecule has 0 aromatic carbocycles. The number of carboxylic acids is 2. The molecule has 0 heterocycles. The lowest BCUT2D eigenvalue weighted by Crippen LogP contribution is -2.36. The van der Waals surface area contributed by atoms with Gasteiger partial charge in [-0.25, -0.2) is 4.79 Å². The maximum atomic E-state index is 12.5. The molecule has 0 saturated heterocycles. The zero-order valence-corrected chi connectivity index (χ0v) is 9.51. The molecule has 4 nitrogen and oxygen atoms in total. The van der Waals surface area contributed by atoms with Crippen molar-refractivity contribution >= 4 is 11.9 Å². The molecule has 2 N–H and O–H groups in total. The molecule has 0 aromatic heterocycles. The summed E-state index contributed by atoms with van der Waals surface area (Å²) in [5, 5.41) is 16.9. The highest BCUT2D eigenvalue weighted by Gasteiger charge is 2.56. The van der Waals surface area contributed by atoms with Crippen molar-refractivity contribution in [3.05, 3.63) is 11.6 Å². The van der Waals surface area contributed by atoms with E-state index in [0.717, 1.165) is 6.08 Å². The van der Waals surface area contributed by atoms with Crippen molar-refractivity contribution in [1.29, 1.82) is 0 Å². The molecule has 0 aliphatic heterocycles. The van der Waals surface area contributed by atoms with Crippen LogP contribution in [0.2, 0.25) is 0 Å². The van der Waals surface area contributed by atoms with Gasteiger partial charge in [0.1, 0.15) is 0 Å². The van der Waals surface area contributed by atoms with Gasteiger partial charge in [-0.05, 0) is 12.8 Å². The lowest BCUT2D eigenvalue weighted by molar-refractivity contribution is -0.284. The molecular weight excluding hydrogens is 279 g/mol. The molecule has 110 valence electrons. The highest BCUT2D eigenvalue weighted by atomic mass is 19.4. The van der Waals surface area contributed by atoms with Gasteiger partial charge in [0.2, 0.25) is 0 Å². The fraction of sp³-hybridized carbons (Fsp3) is 0.600. The largest absolute Gasteiger partial charge is 0.481 e. The van der Waals surface area contributed by atoms with Crippen LogP contribution in [0.1, 0.15) is 25.7 Å². The summed E-state index contributed by atoms with van der Waals surface area (Å²) in [6.45, 7) is 0. The molecule has 0 amide bonds. The number of carbonyl (C=O) groups is 2. The van der Waals surface area contributed by atoms with E-state index in [-0.39, 0.29) is 6.42 Å². The molecule has 0 fully saturated rings. The molecule has 0 bridgehead atoms. The molecule has 0 rings (SSSR count). The summed E-state index contributed by atoms with van der Waals surface area (Å²) < 4.78 is 60.3. The summed E-state index contributed by atoms with van der Waals surface area (Å²) in [5.41, 5.74) is -0.553. The van der Waals surface area contributed by atoms with Crippen molar-refractivity contribution in [1.82, 2.24) is 0 Å². The van der Waals surface area contributed by atoms with Gasteiger partial charge in [0.05, 0.1) is 6.42 Å². The molecule has 0 aliphatic rings. The summed E-state index contributed by atoms with van der Waals surface area (Å²) in [5.74, 6) is -7.82. The Morgan fingerprint density at radius 3 is 1.95 bits per heavy atom. The van der Waals surface area contributed by atoms with Gasteiger partial charge in [-0.1, -0.05) is 6.08 Å². The van der Waals surface area contributed by atoms with E-state index in [1.165, 1.54) is 0 Å². The van der Waals surface area contributed by atoms with Crippen LogP contribution in [0.4, 0.5) is 22.0 Å². The zero-order valence-electron chi connectivity index (χ0n) is 9.51. The van der Waals surface area contributed by atoms with Crippen molar-refractivity contribution < 1.29 is 41.8 Å². The topological polar surface area (TPSA) is 74.6 Å². The highest BCUT2D eigenvalue weighted by molar-refractivity contribution is 5.91. The zero-order chi connectivity index (χ0) is 15.3. The van der Waals surface area contributed by atoms with Gasteiger partial charge >= 0.3 is 24.0 Å². The third-order valence-electron chi connectivity index (χ3n) is 2.12. The number of halogens is 5. The summed E-state index contributed by atoms with van der Waals surface area (Å²) in [7, 11) is 0. The number of hydrogen-bond acceptors (Lipinski definition) is 2. The molecule has 19 heavy (non-hydrogen) atoms. The fourth-order valence-corrected chi connectivity index (χ4v) is 1.14. The van der Waals surface area contributed by atoms with Crippen LogP contribution in [0.25, 0.3) is 0 Å². The van der Waals surface area contributed by atoms with Gasteiger partial charge in [-0.3, -0.25) is 4.79 Å². The van der Waals surface area contributed by atoms with Crippen molar-refractivity contribution in [2.75, 3.05) is 0 Å². The second kappa shape index (κ2) is 6.48. The van der Waals surface area contributed by atoms with Gasteiger partial charge in [0, 0.05) is 12.0 Å². The molecule has 0 radical (unpaired) electrons. The number of aliphatic carboxylic acids is 2. The second-order valence-corrected chi connectivity index (χ2v) is 3.70. The van der Waals surface area contributed by atoms with Crippen LogP contribution in [0, 0.1) is 0 Å². The van der Waals surface area contributed by atoms with Crippen LogP contribution in [0.15, 0.2) is 11.6 Å². The first-order chi connectivity index (χ1) is 8.47. The Balaban J connectivity index is 4.41. The Morgan fingerprint density at radius 2 is 1.58 bits per heavy atom. The van der Waals surface area contributed by atoms with Crippen LogP contribution in [-0.4, -0.2) is 34.3 Å². The van der Waals surface area contributed by atoms with Gasteiger partial charge in [-0.2, -0.15) is 22.0 Å². The summed E-state index contributed by atoms with van der Waals surface area (Å²) in [6, 6.07) is 0. The van der Waals surface area contributed by atoms with E-state index in [0.29, 0.717) is 0 Å². The van der Waals surface area contributed by atoms with Crippen molar-refractivity contribution in [2.45, 2.75) is 37.8 Å². The van der Waals surface area contributed by atoms with E-state index >= 15 is 0 Å². The third kappa shape index (κ3) is 6.16. The van der Waals surface area contributed by atoms with E-state index < -0.39 is 48.9 Å². The maximum Gasteiger partial charge on any atom is 0.453 e. The van der Waals surface area contributed by atoms with Gasteiger partial charge in [-0.15, -0.1) is 0 Å². The van der Waals surface area contributed by atoms with Crippen molar-refractivity contribution in [3.63, 3.8) is 0 Å². The predicted octanol–water partition coefficient (Wildman–Crippen LogP) is 2.84. The van der Waals surface area contributed by atoms with Crippen LogP contribution in [-0.2, 0) is 9.59 Å². The SMILES string of the molecule is O=C(O)CC(=CCCCC(F)(F)C(F)(F)F)C(=O)O. The smallest absolute Gasteiger partial charge is 0.453 e. The van der Waals surface area contributed by atoms with Gasteiger partial charge in [0.15, 0.2) is 0 Å². The first kappa shape index (κ1) is 17.3. The molecule has 0 atom stereocenters. The van der Waals surface area contributed by atoms with E-state index in [9.17, 15) is 31.5 Å². The number of alkyl halides is 5. The van der Waals surface area contributed by atoms with Crippen molar-refractivity contribution in [2.24, 2.45) is 0 Å². The van der Waals surface area contributed by atoms with Crippen LogP contribution < -0.4 is 0 Å². The molecule has 0 aromatic rings. The van der Waals surface area contributed by atoms with Crippen molar-refractivity contribution in [3.8, 4) is 0 Å². The molecular formula is C10H11F5O4. The first-order valence-corrected chi connectivity index (χ1v) is 5.06. The summed E-state index contributed by atoms with van der Waals surface area (Å²) >= 11 is 0. The number of allylic oxidation sites excluding steroid dienone is 1. The minimum Gasteiger partial charge on any atom is -0.481 e. The van der Waals surface area contributed by atoms with Crippen LogP contribution >= 0.6 is 0 Å². The van der Waals surface area contributed by atoms with E-state index in [1.54, 1.807) is 0 Å². The third-order valence-corrected chi connectivity index (χ3v) is 2.12. The second-order valence-electron chi connectivity index (χ2n) is 3.70. The average Bonchev–Trinajstić information content (AvgIpc) is 2.19. The standard InChI is InChI=1S/C10H11F5O4/c11-9(12,10(13,14)15)4-2-1-3-6(8(18)19)5-7(16)17/h3H,1-2,4-5H2,(H,16,17)(H,18,19). The first-order valence-electron chi connectivity index (χ1n) is 5.06. The summed E-state index contributed by atoms with van der Waals surface area (Å²) in [6.07, 6.45) is -8.10. The fourth-order valence-electron chi connectivity index (χ4n) is 1.14. The minimum atomic E-state index is -5.65. The number of carboxylic acid groups (broad SMARTS) is 2. The number of unbranched alkanes of at least 4 members (excludes halogenated alkanes) is 1. The normalized spacial score (nSPS) is 13.4. The lowest BCUT2D eigenvalue weighted by atomic mass is 10.1. The van der Waals surface area contributed by atoms with Gasteiger partial charge < -0.3 is 10.2 Å². The number of hydrogen-bond donors (Lipinski definition) is 2. The molecule has 0 spiro atoms. The maximum absolute atomic E-state index is 12.5. The minimum absolute atomic E-state index is 0.374. The van der Waals surface area contributed by atoms with E-state index in [4.69, 9.17) is 10.2 Å². The Kier molecular flexibility index (Phi) is 5.91. The molecule has 0 unspecified atom stereocenters. The lowest BCUT2D eigenvalue weighted by Gasteiger charge is -2.18. The quantitative estimate of drug-likeness (QED) is 0.429.